The molecule has 6 rings (SSSR count). The van der Waals surface area contributed by atoms with Gasteiger partial charge in [0.05, 0.1) is 0 Å². The predicted octanol–water partition coefficient (Wildman–Crippen LogP) is 12.0. The third-order valence-corrected chi connectivity index (χ3v) is 12.2. The van der Waals surface area contributed by atoms with Crippen LogP contribution in [0.15, 0.2) is 170 Å². The summed E-state index contributed by atoms with van der Waals surface area (Å²) in [7, 11) is 0. The minimum atomic E-state index is -1.12. The van der Waals surface area contributed by atoms with E-state index in [0.29, 0.717) is 12.5 Å². The summed E-state index contributed by atoms with van der Waals surface area (Å²) in [5.74, 6) is -1.32. The minimum Gasteiger partial charge on any atom is -0.480 e. The van der Waals surface area contributed by atoms with Gasteiger partial charge in [-0.15, -0.1) is 0 Å². The Kier molecular flexibility index (Phi) is 27.7. The Labute approximate surface area is 458 Å². The highest BCUT2D eigenvalue weighted by Gasteiger charge is 2.27. The number of nitrogens with zero attached hydrogens (tertiary/aromatic N) is 2. The average Bonchev–Trinajstić information content (AvgIpc) is 3.39. The first-order valence-corrected chi connectivity index (χ1v) is 27.1. The molecule has 0 aliphatic heterocycles. The number of nitrogens with one attached hydrogen (secondary N) is 3. The van der Waals surface area contributed by atoms with Crippen molar-refractivity contribution >= 4 is 24.1 Å². The first-order chi connectivity index (χ1) is 36.9. The van der Waals surface area contributed by atoms with E-state index in [2.05, 4.69) is 135 Å². The largest absolute Gasteiger partial charge is 0.480 e. The van der Waals surface area contributed by atoms with E-state index < -0.39 is 41.4 Å². The fourth-order valence-electron chi connectivity index (χ4n) is 8.37. The second-order valence-electron chi connectivity index (χ2n) is 21.3. The Morgan fingerprint density at radius 3 is 1.12 bits per heavy atom. The van der Waals surface area contributed by atoms with Crippen LogP contribution >= 0.6 is 0 Å². The van der Waals surface area contributed by atoms with Crippen LogP contribution in [0.2, 0.25) is 0 Å². The lowest BCUT2D eigenvalue weighted by atomic mass is 9.98. The molecule has 3 amide bonds. The number of amides is 3. The van der Waals surface area contributed by atoms with Crippen molar-refractivity contribution in [2.75, 3.05) is 0 Å². The number of aryl methyl sites for hydroxylation is 4. The monoisotopic (exact) mass is 1050 g/mol. The number of carbonyl (C=O) groups excluding carboxylic acids is 3. The zero-order valence-corrected chi connectivity index (χ0v) is 46.2. The molecule has 412 valence electrons. The molecule has 0 unspecified atom stereocenters. The molecule has 0 saturated carbocycles. The standard InChI is InChI=1S/C32H41N3O3.C19H25N.C13H18N2O4/c1-32(2,3)38-31(37)35-29(23-27-19-12-22-33-24-27)30(36)34-28(20-10-17-25-13-6-4-7-14-25)21-11-18-26-15-8-5-9-16-26;20-19(15-7-13-17-9-3-1-4-10-17)16-8-14-18-11-5-2-6-12-18;1-13(2,3)19-12(18)15-10(11(16)17)7-9-5-4-6-14-8-9/h4-9,12-16,19,22,24,28-29H,10-11,17-18,20-21,23H2,1-3H3,(H,34,36)(H,35,37);1-6,9-12,19H,7-8,13-16,20H2;4-6,8,10H,7H2,1-3H3,(H,15,18)(H,16,17)/t29-;;10-/m0.0/s1. The molecule has 6 N–H and O–H groups in total. The lowest BCUT2D eigenvalue weighted by molar-refractivity contribution is -0.139. The lowest BCUT2D eigenvalue weighted by Gasteiger charge is -2.26. The molecule has 0 spiro atoms. The Morgan fingerprint density at radius 1 is 0.468 bits per heavy atom. The summed E-state index contributed by atoms with van der Waals surface area (Å²) in [6.07, 6.45) is 18.2. The van der Waals surface area contributed by atoms with Gasteiger partial charge in [0, 0.05) is 49.7 Å². The number of aliphatic carboxylic acids is 1. The van der Waals surface area contributed by atoms with Crippen LogP contribution in [-0.2, 0) is 57.6 Å². The fraction of sp³-hybridized carbons (Fsp3) is 0.406. The van der Waals surface area contributed by atoms with Crippen LogP contribution in [0.3, 0.4) is 0 Å². The van der Waals surface area contributed by atoms with Gasteiger partial charge >= 0.3 is 18.2 Å². The van der Waals surface area contributed by atoms with Crippen LogP contribution in [0.4, 0.5) is 9.59 Å². The number of rotatable bonds is 25. The zero-order valence-electron chi connectivity index (χ0n) is 46.2. The van der Waals surface area contributed by atoms with Gasteiger partial charge in [0.1, 0.15) is 23.3 Å². The van der Waals surface area contributed by atoms with Gasteiger partial charge in [-0.05, 0) is 164 Å². The molecule has 2 heterocycles. The molecule has 0 aliphatic rings. The second kappa shape index (κ2) is 34.3. The number of aromatic nitrogens is 2. The van der Waals surface area contributed by atoms with Crippen LogP contribution in [-0.4, -0.2) is 74.5 Å². The summed E-state index contributed by atoms with van der Waals surface area (Å²) in [5, 5.41) is 17.5. The molecule has 0 bridgehead atoms. The highest BCUT2D eigenvalue weighted by molar-refractivity contribution is 5.86. The van der Waals surface area contributed by atoms with E-state index in [-0.39, 0.29) is 18.4 Å². The molecule has 0 radical (unpaired) electrons. The van der Waals surface area contributed by atoms with E-state index in [9.17, 15) is 19.2 Å². The maximum Gasteiger partial charge on any atom is 0.408 e. The predicted molar refractivity (Wildman–Crippen MR) is 307 cm³/mol. The SMILES string of the molecule is CC(C)(C)OC(=O)N[C@@H](Cc1cccnc1)C(=O)NC(CCCc1ccccc1)CCCc1ccccc1.CC(C)(C)OC(=O)N[C@@H](Cc1cccnc1)C(=O)O.NC(CCCc1ccccc1)CCCc1ccccc1. The molecule has 2 aromatic heterocycles. The van der Waals surface area contributed by atoms with Crippen molar-refractivity contribution in [3.05, 3.63) is 204 Å². The molecule has 0 fully saturated rings. The Bertz CT molecular complexity index is 2450. The molecule has 2 atom stereocenters. The van der Waals surface area contributed by atoms with Crippen molar-refractivity contribution < 1.29 is 33.8 Å². The van der Waals surface area contributed by atoms with Gasteiger partial charge in [-0.2, -0.15) is 0 Å². The van der Waals surface area contributed by atoms with Gasteiger partial charge < -0.3 is 36.3 Å². The third-order valence-electron chi connectivity index (χ3n) is 12.2. The van der Waals surface area contributed by atoms with E-state index in [1.807, 2.05) is 24.3 Å². The number of alkyl carbamates (subject to hydrolysis) is 2. The number of hydrogen-bond donors (Lipinski definition) is 5. The van der Waals surface area contributed by atoms with Gasteiger partial charge in [-0.1, -0.05) is 133 Å². The van der Waals surface area contributed by atoms with E-state index in [0.717, 1.165) is 75.3 Å². The summed E-state index contributed by atoms with van der Waals surface area (Å²) in [6.45, 7) is 10.5. The second-order valence-corrected chi connectivity index (χ2v) is 21.3. The van der Waals surface area contributed by atoms with E-state index in [4.69, 9.17) is 20.3 Å². The number of carboxylic acids is 1. The van der Waals surface area contributed by atoms with Gasteiger partial charge in [0.25, 0.3) is 0 Å². The van der Waals surface area contributed by atoms with Crippen molar-refractivity contribution in [2.24, 2.45) is 5.73 Å². The van der Waals surface area contributed by atoms with Crippen molar-refractivity contribution in [3.63, 3.8) is 0 Å². The lowest BCUT2D eigenvalue weighted by Crippen LogP contribution is -2.51. The van der Waals surface area contributed by atoms with E-state index in [1.54, 1.807) is 78.5 Å². The molecular weight excluding hydrogens is 965 g/mol. The molecule has 0 saturated heterocycles. The van der Waals surface area contributed by atoms with Crippen LogP contribution in [0.1, 0.15) is 126 Å². The summed E-state index contributed by atoms with van der Waals surface area (Å²) >= 11 is 0. The number of nitrogens with two attached hydrogens (primary N) is 1. The van der Waals surface area contributed by atoms with Crippen LogP contribution in [0.5, 0.6) is 0 Å². The first-order valence-electron chi connectivity index (χ1n) is 27.1. The first kappa shape index (κ1) is 62.2. The molecule has 0 aliphatic carbocycles. The van der Waals surface area contributed by atoms with Crippen LogP contribution < -0.4 is 21.7 Å². The number of hydrogen-bond acceptors (Lipinski definition) is 9. The zero-order chi connectivity index (χ0) is 55.7. The minimum absolute atomic E-state index is 0.00626. The van der Waals surface area contributed by atoms with Gasteiger partial charge in [-0.25, -0.2) is 14.4 Å². The summed E-state index contributed by atoms with van der Waals surface area (Å²) in [4.78, 5) is 56.8. The smallest absolute Gasteiger partial charge is 0.408 e. The summed E-state index contributed by atoms with van der Waals surface area (Å²) in [5.41, 5.74) is 11.9. The van der Waals surface area contributed by atoms with Crippen LogP contribution in [0.25, 0.3) is 0 Å². The number of carbonyl (C=O) groups is 4. The van der Waals surface area contributed by atoms with Crippen molar-refractivity contribution in [2.45, 2.75) is 167 Å². The maximum absolute atomic E-state index is 13.5. The Hall–Kier alpha value is -7.38. The number of pyridine rings is 2. The van der Waals surface area contributed by atoms with Crippen molar-refractivity contribution in [1.82, 2.24) is 25.9 Å². The molecule has 77 heavy (non-hydrogen) atoms. The summed E-state index contributed by atoms with van der Waals surface area (Å²) in [6, 6.07) is 47.9. The molecule has 4 aromatic carbocycles. The molecule has 13 heteroatoms. The normalized spacial score (nSPS) is 11.9. The quantitative estimate of drug-likeness (QED) is 0.0368. The number of carboxylic acid groups (broad SMARTS) is 1. The summed E-state index contributed by atoms with van der Waals surface area (Å²) < 4.78 is 10.5. The fourth-order valence-corrected chi connectivity index (χ4v) is 8.37. The molecule has 6 aromatic rings. The van der Waals surface area contributed by atoms with Crippen LogP contribution in [0, 0.1) is 0 Å². The van der Waals surface area contributed by atoms with E-state index >= 15 is 0 Å². The van der Waals surface area contributed by atoms with Gasteiger partial charge in [-0.3, -0.25) is 14.8 Å². The third kappa shape index (κ3) is 28.9. The van der Waals surface area contributed by atoms with Crippen molar-refractivity contribution in [3.8, 4) is 0 Å². The Morgan fingerprint density at radius 2 is 0.792 bits per heavy atom. The van der Waals surface area contributed by atoms with Crippen molar-refractivity contribution in [1.29, 1.82) is 0 Å². The number of benzene rings is 4. The number of ether oxygens (including phenoxy) is 2. The van der Waals surface area contributed by atoms with Gasteiger partial charge in [0.2, 0.25) is 5.91 Å². The molecular formula is C64H84N6O7. The Balaban J connectivity index is 0.000000275. The maximum atomic E-state index is 13.5. The van der Waals surface area contributed by atoms with Gasteiger partial charge in [0.15, 0.2) is 0 Å². The highest BCUT2D eigenvalue weighted by Crippen LogP contribution is 2.16. The molecule has 13 nitrogen and oxygen atoms in total. The topological polar surface area (TPSA) is 195 Å². The highest BCUT2D eigenvalue weighted by atomic mass is 16.6. The van der Waals surface area contributed by atoms with E-state index in [1.165, 1.54) is 35.1 Å². The average molecular weight is 1050 g/mol.